The van der Waals surface area contributed by atoms with E-state index in [9.17, 15) is 19.5 Å². The van der Waals surface area contributed by atoms with Crippen LogP contribution in [0, 0.1) is 0 Å². The van der Waals surface area contributed by atoms with Gasteiger partial charge in [-0.1, -0.05) is 56.2 Å². The summed E-state index contributed by atoms with van der Waals surface area (Å²) in [4.78, 5) is 36.9. The van der Waals surface area contributed by atoms with Crippen LogP contribution in [0.4, 0.5) is 0 Å². The van der Waals surface area contributed by atoms with Gasteiger partial charge in [-0.25, -0.2) is 0 Å². The number of phenolic OH excluding ortho intramolecular Hbond substituents is 1. The van der Waals surface area contributed by atoms with Crippen molar-refractivity contribution in [2.24, 2.45) is 5.73 Å². The summed E-state index contributed by atoms with van der Waals surface area (Å²) in [6.07, 6.45) is 3.04. The van der Waals surface area contributed by atoms with Crippen LogP contribution >= 0.6 is 0 Å². The Morgan fingerprint density at radius 3 is 2.16 bits per heavy atom. The zero-order valence-corrected chi connectivity index (χ0v) is 20.9. The molecule has 0 heterocycles. The molecular formula is C29H33N3O5. The van der Waals surface area contributed by atoms with Gasteiger partial charge in [0.2, 0.25) is 17.7 Å². The van der Waals surface area contributed by atoms with Crippen LogP contribution < -0.4 is 21.1 Å². The molecule has 0 radical (unpaired) electrons. The van der Waals surface area contributed by atoms with E-state index in [1.165, 1.54) is 0 Å². The molecule has 0 fully saturated rings. The lowest BCUT2D eigenvalue weighted by Crippen LogP contribution is -2.40. The quantitative estimate of drug-likeness (QED) is 0.261. The van der Waals surface area contributed by atoms with E-state index >= 15 is 0 Å². The van der Waals surface area contributed by atoms with Gasteiger partial charge in [0.15, 0.2) is 0 Å². The van der Waals surface area contributed by atoms with Gasteiger partial charge in [-0.05, 0) is 59.5 Å². The Morgan fingerprint density at radius 2 is 1.54 bits per heavy atom. The van der Waals surface area contributed by atoms with Gasteiger partial charge >= 0.3 is 0 Å². The normalized spacial score (nSPS) is 11.4. The number of nitrogens with two attached hydrogens (primary N) is 1. The summed E-state index contributed by atoms with van der Waals surface area (Å²) in [6.45, 7) is 2.62. The minimum Gasteiger partial charge on any atom is -0.508 e. The number of amides is 3. The summed E-state index contributed by atoms with van der Waals surface area (Å²) >= 11 is 0. The highest BCUT2D eigenvalue weighted by Crippen LogP contribution is 2.21. The number of aromatic hydroxyl groups is 1. The third-order valence-corrected chi connectivity index (χ3v) is 5.84. The Hall–Kier alpha value is -4.33. The maximum absolute atomic E-state index is 13.1. The summed E-state index contributed by atoms with van der Waals surface area (Å²) < 4.78 is 5.80. The highest BCUT2D eigenvalue weighted by atomic mass is 16.5. The van der Waals surface area contributed by atoms with E-state index in [-0.39, 0.29) is 24.1 Å². The van der Waals surface area contributed by atoms with E-state index in [1.807, 2.05) is 0 Å². The van der Waals surface area contributed by atoms with Gasteiger partial charge in [0, 0.05) is 18.5 Å². The van der Waals surface area contributed by atoms with Gasteiger partial charge < -0.3 is 26.2 Å². The fourth-order valence-corrected chi connectivity index (χ4v) is 3.66. The first-order valence-corrected chi connectivity index (χ1v) is 12.3. The van der Waals surface area contributed by atoms with Crippen LogP contribution in [0.15, 0.2) is 72.8 Å². The second-order valence-electron chi connectivity index (χ2n) is 8.76. The lowest BCUT2D eigenvalue weighted by molar-refractivity contribution is -0.129. The summed E-state index contributed by atoms with van der Waals surface area (Å²) in [6, 6.07) is 19.5. The average Bonchev–Trinajstić information content (AvgIpc) is 2.91. The molecule has 0 aliphatic heterocycles. The SMILES string of the molecule is CCCCCC(=O)N[C@H](C(=O)NCc1ccc(C(N)=O)cc1)c1ccc(OCc2ccc(O)cc2)cc1. The largest absolute Gasteiger partial charge is 0.508 e. The lowest BCUT2D eigenvalue weighted by Gasteiger charge is -2.19. The minimum atomic E-state index is -0.870. The smallest absolute Gasteiger partial charge is 0.248 e. The van der Waals surface area contributed by atoms with E-state index in [1.54, 1.807) is 72.8 Å². The van der Waals surface area contributed by atoms with E-state index in [4.69, 9.17) is 10.5 Å². The zero-order chi connectivity index (χ0) is 26.6. The Bertz CT molecular complexity index is 1180. The zero-order valence-electron chi connectivity index (χ0n) is 20.9. The summed E-state index contributed by atoms with van der Waals surface area (Å²) in [5.41, 5.74) is 7.99. The topological polar surface area (TPSA) is 131 Å². The number of primary amides is 1. The molecule has 0 aliphatic carbocycles. The second kappa shape index (κ2) is 13.7. The number of rotatable bonds is 13. The Balaban J connectivity index is 1.67. The molecule has 0 aliphatic rings. The Morgan fingerprint density at radius 1 is 0.892 bits per heavy atom. The number of phenols is 1. The molecule has 194 valence electrons. The third-order valence-electron chi connectivity index (χ3n) is 5.84. The van der Waals surface area contributed by atoms with Crippen molar-refractivity contribution in [3.63, 3.8) is 0 Å². The number of hydrogen-bond donors (Lipinski definition) is 4. The van der Waals surface area contributed by atoms with Crippen molar-refractivity contribution in [2.75, 3.05) is 0 Å². The maximum atomic E-state index is 13.1. The molecule has 0 aromatic heterocycles. The number of hydrogen-bond acceptors (Lipinski definition) is 5. The van der Waals surface area contributed by atoms with Crippen LogP contribution in [0.1, 0.15) is 65.7 Å². The molecule has 1 atom stereocenters. The van der Waals surface area contributed by atoms with E-state index in [2.05, 4.69) is 17.6 Å². The molecule has 3 amide bonds. The van der Waals surface area contributed by atoms with Crippen molar-refractivity contribution < 1.29 is 24.2 Å². The molecule has 8 nitrogen and oxygen atoms in total. The van der Waals surface area contributed by atoms with Crippen molar-refractivity contribution >= 4 is 17.7 Å². The van der Waals surface area contributed by atoms with E-state index in [0.29, 0.717) is 29.9 Å². The van der Waals surface area contributed by atoms with Crippen molar-refractivity contribution in [1.82, 2.24) is 10.6 Å². The first kappa shape index (κ1) is 27.3. The Kier molecular flexibility index (Phi) is 10.1. The van der Waals surface area contributed by atoms with Gasteiger partial charge in [-0.15, -0.1) is 0 Å². The number of carbonyl (C=O) groups is 3. The number of nitrogens with one attached hydrogen (secondary N) is 2. The number of benzene rings is 3. The molecule has 0 bridgehead atoms. The van der Waals surface area contributed by atoms with Crippen LogP contribution in [-0.4, -0.2) is 22.8 Å². The first-order valence-electron chi connectivity index (χ1n) is 12.3. The number of carbonyl (C=O) groups excluding carboxylic acids is 3. The molecule has 0 spiro atoms. The highest BCUT2D eigenvalue weighted by molar-refractivity contribution is 5.92. The van der Waals surface area contributed by atoms with Crippen LogP contribution in [0.2, 0.25) is 0 Å². The van der Waals surface area contributed by atoms with Crippen LogP contribution in [0.5, 0.6) is 11.5 Å². The van der Waals surface area contributed by atoms with Crippen LogP contribution in [0.3, 0.4) is 0 Å². The van der Waals surface area contributed by atoms with Gasteiger partial charge in [-0.3, -0.25) is 14.4 Å². The molecule has 0 saturated heterocycles. The van der Waals surface area contributed by atoms with E-state index in [0.717, 1.165) is 30.4 Å². The summed E-state index contributed by atoms with van der Waals surface area (Å²) in [7, 11) is 0. The van der Waals surface area contributed by atoms with Gasteiger partial charge in [0.1, 0.15) is 24.1 Å². The predicted molar refractivity (Wildman–Crippen MR) is 141 cm³/mol. The van der Waals surface area contributed by atoms with Crippen LogP contribution in [-0.2, 0) is 22.7 Å². The number of ether oxygens (including phenoxy) is 1. The van der Waals surface area contributed by atoms with Crippen LogP contribution in [0.25, 0.3) is 0 Å². The Labute approximate surface area is 216 Å². The third kappa shape index (κ3) is 8.68. The molecule has 3 aromatic rings. The molecule has 0 unspecified atom stereocenters. The van der Waals surface area contributed by atoms with Crippen molar-refractivity contribution in [2.45, 2.75) is 51.8 Å². The molecule has 3 rings (SSSR count). The van der Waals surface area contributed by atoms with Crippen molar-refractivity contribution in [3.8, 4) is 11.5 Å². The summed E-state index contributed by atoms with van der Waals surface area (Å²) in [5.74, 6) is -0.249. The minimum absolute atomic E-state index is 0.188. The molecule has 5 N–H and O–H groups in total. The molecule has 8 heteroatoms. The lowest BCUT2D eigenvalue weighted by atomic mass is 10.0. The average molecular weight is 504 g/mol. The summed E-state index contributed by atoms with van der Waals surface area (Å²) in [5, 5.41) is 15.1. The standard InChI is InChI=1S/C29H33N3O5/c1-2-3-4-5-26(34)32-27(29(36)31-18-20-6-10-23(11-7-20)28(30)35)22-12-16-25(17-13-22)37-19-21-8-14-24(33)15-9-21/h6-17,27,33H,2-5,18-19H2,1H3,(H2,30,35)(H,31,36)(H,32,34)/t27-/m0/s1. The fraction of sp³-hybridized carbons (Fsp3) is 0.276. The maximum Gasteiger partial charge on any atom is 0.248 e. The molecular weight excluding hydrogens is 470 g/mol. The van der Waals surface area contributed by atoms with E-state index < -0.39 is 11.9 Å². The predicted octanol–water partition coefficient (Wildman–Crippen LogP) is 4.12. The fourth-order valence-electron chi connectivity index (χ4n) is 3.66. The molecule has 3 aromatic carbocycles. The van der Waals surface area contributed by atoms with Crippen molar-refractivity contribution in [1.29, 1.82) is 0 Å². The molecule has 0 saturated carbocycles. The first-order chi connectivity index (χ1) is 17.9. The van der Waals surface area contributed by atoms with Gasteiger partial charge in [0.25, 0.3) is 0 Å². The van der Waals surface area contributed by atoms with Crippen molar-refractivity contribution in [3.05, 3.63) is 95.1 Å². The monoisotopic (exact) mass is 503 g/mol. The van der Waals surface area contributed by atoms with Gasteiger partial charge in [-0.2, -0.15) is 0 Å². The highest BCUT2D eigenvalue weighted by Gasteiger charge is 2.22. The number of unbranched alkanes of at least 4 members (excludes halogenated alkanes) is 2. The second-order valence-corrected chi connectivity index (χ2v) is 8.76. The molecule has 37 heavy (non-hydrogen) atoms. The van der Waals surface area contributed by atoms with Gasteiger partial charge in [0.05, 0.1) is 0 Å².